The molecular formula is C15H20N2S. The van der Waals surface area contributed by atoms with Crippen molar-refractivity contribution in [2.24, 2.45) is 0 Å². The third kappa shape index (κ3) is 2.98. The van der Waals surface area contributed by atoms with Gasteiger partial charge >= 0.3 is 0 Å². The van der Waals surface area contributed by atoms with Crippen LogP contribution in [0.5, 0.6) is 0 Å². The molecule has 18 heavy (non-hydrogen) atoms. The molecule has 0 radical (unpaired) electrons. The van der Waals surface area contributed by atoms with Gasteiger partial charge in [0.15, 0.2) is 0 Å². The van der Waals surface area contributed by atoms with Crippen LogP contribution >= 0.6 is 11.3 Å². The minimum absolute atomic E-state index is 0.529. The third-order valence-corrected chi connectivity index (χ3v) is 4.27. The van der Waals surface area contributed by atoms with E-state index >= 15 is 0 Å². The third-order valence-electron chi connectivity index (χ3n) is 2.86. The van der Waals surface area contributed by atoms with E-state index in [0.717, 1.165) is 13.0 Å². The number of aromatic nitrogens is 1. The summed E-state index contributed by atoms with van der Waals surface area (Å²) in [5, 5.41) is 4.41. The highest BCUT2D eigenvalue weighted by molar-refractivity contribution is 7.12. The highest BCUT2D eigenvalue weighted by Crippen LogP contribution is 2.33. The molecule has 3 heteroatoms. The van der Waals surface area contributed by atoms with E-state index in [1.807, 2.05) is 24.5 Å². The van der Waals surface area contributed by atoms with E-state index in [-0.39, 0.29) is 0 Å². The lowest BCUT2D eigenvalue weighted by Crippen LogP contribution is -2.09. The summed E-state index contributed by atoms with van der Waals surface area (Å²) < 4.78 is 0. The highest BCUT2D eigenvalue weighted by Gasteiger charge is 2.15. The number of nitrogens with zero attached hydrogens (tertiary/aromatic N) is 1. The molecular weight excluding hydrogens is 240 g/mol. The molecule has 1 heterocycles. The molecule has 0 aliphatic rings. The summed E-state index contributed by atoms with van der Waals surface area (Å²) in [5.41, 5.74) is 2.40. The fourth-order valence-corrected chi connectivity index (χ4v) is 3.00. The molecule has 1 aromatic heterocycles. The molecule has 0 atom stereocenters. The van der Waals surface area contributed by atoms with Crippen molar-refractivity contribution in [3.63, 3.8) is 0 Å². The second-order valence-corrected chi connectivity index (χ2v) is 5.81. The van der Waals surface area contributed by atoms with Crippen LogP contribution in [0.1, 0.15) is 29.7 Å². The first kappa shape index (κ1) is 13.2. The Morgan fingerprint density at radius 2 is 1.94 bits per heavy atom. The number of rotatable bonds is 5. The monoisotopic (exact) mass is 260 g/mol. The summed E-state index contributed by atoms with van der Waals surface area (Å²) in [7, 11) is 1.98. The van der Waals surface area contributed by atoms with E-state index in [0.29, 0.717) is 5.92 Å². The number of thiazole rings is 1. The van der Waals surface area contributed by atoms with Crippen LogP contribution in [-0.4, -0.2) is 18.6 Å². The smallest absolute Gasteiger partial charge is 0.0948 e. The van der Waals surface area contributed by atoms with Gasteiger partial charge in [0.2, 0.25) is 0 Å². The Balaban J connectivity index is 2.36. The maximum absolute atomic E-state index is 4.82. The Bertz CT molecular complexity index is 488. The maximum Gasteiger partial charge on any atom is 0.0948 e. The lowest BCUT2D eigenvalue weighted by atomic mass is 10.1. The zero-order valence-corrected chi connectivity index (χ0v) is 12.1. The lowest BCUT2D eigenvalue weighted by molar-refractivity contribution is 0.788. The van der Waals surface area contributed by atoms with Crippen LogP contribution in [0.3, 0.4) is 0 Å². The van der Waals surface area contributed by atoms with Gasteiger partial charge in [-0.25, -0.2) is 4.98 Å². The molecule has 96 valence electrons. The van der Waals surface area contributed by atoms with Gasteiger partial charge in [0.1, 0.15) is 0 Å². The minimum atomic E-state index is 0.529. The molecule has 1 N–H and O–H groups in total. The fourth-order valence-electron chi connectivity index (χ4n) is 1.91. The van der Waals surface area contributed by atoms with E-state index in [2.05, 4.69) is 43.4 Å². The first-order chi connectivity index (χ1) is 8.72. The molecule has 0 saturated heterocycles. The molecule has 0 spiro atoms. The van der Waals surface area contributed by atoms with E-state index in [1.54, 1.807) is 0 Å². The molecule has 2 rings (SSSR count). The standard InChI is InChI=1S/C15H20N2S/c1-11(2)15-14(12-7-5-4-6-8-12)17-13(18-15)9-10-16-3/h4-8,11,16H,9-10H2,1-3H3. The van der Waals surface area contributed by atoms with E-state index in [9.17, 15) is 0 Å². The Hall–Kier alpha value is -1.19. The van der Waals surface area contributed by atoms with Gasteiger partial charge in [-0.2, -0.15) is 0 Å². The molecule has 2 aromatic rings. The predicted octanol–water partition coefficient (Wildman–Crippen LogP) is 3.70. The zero-order chi connectivity index (χ0) is 13.0. The number of likely N-dealkylation sites (N-methyl/N-ethyl adjacent to an activating group) is 1. The number of hydrogen-bond donors (Lipinski definition) is 1. The first-order valence-corrected chi connectivity index (χ1v) is 7.23. The normalized spacial score (nSPS) is 11.1. The Labute approximate surface area is 113 Å². The van der Waals surface area contributed by atoms with Crippen LogP contribution in [0.4, 0.5) is 0 Å². The summed E-state index contributed by atoms with van der Waals surface area (Å²) in [6.07, 6.45) is 1.01. The summed E-state index contributed by atoms with van der Waals surface area (Å²) in [6.45, 7) is 5.46. The Morgan fingerprint density at radius 3 is 2.56 bits per heavy atom. The minimum Gasteiger partial charge on any atom is -0.319 e. The van der Waals surface area contributed by atoms with Crippen LogP contribution in [0.15, 0.2) is 30.3 Å². The Kier molecular flexibility index (Phi) is 4.50. The average Bonchev–Trinajstić information content (AvgIpc) is 2.82. The van der Waals surface area contributed by atoms with Crippen molar-refractivity contribution in [2.45, 2.75) is 26.2 Å². The molecule has 0 bridgehead atoms. The van der Waals surface area contributed by atoms with Gasteiger partial charge in [0.05, 0.1) is 10.7 Å². The van der Waals surface area contributed by atoms with Crippen molar-refractivity contribution in [1.29, 1.82) is 0 Å². The molecule has 0 aliphatic carbocycles. The quantitative estimate of drug-likeness (QED) is 0.886. The molecule has 2 nitrogen and oxygen atoms in total. The van der Waals surface area contributed by atoms with Crippen molar-refractivity contribution in [3.05, 3.63) is 40.2 Å². The lowest BCUT2D eigenvalue weighted by Gasteiger charge is -2.04. The van der Waals surface area contributed by atoms with Crippen LogP contribution in [-0.2, 0) is 6.42 Å². The molecule has 0 saturated carbocycles. The highest BCUT2D eigenvalue weighted by atomic mass is 32.1. The van der Waals surface area contributed by atoms with E-state index in [1.165, 1.54) is 21.1 Å². The SMILES string of the molecule is CNCCc1nc(-c2ccccc2)c(C(C)C)s1. The van der Waals surface area contributed by atoms with Gasteiger partial charge in [-0.3, -0.25) is 0 Å². The van der Waals surface area contributed by atoms with Gasteiger partial charge in [0.25, 0.3) is 0 Å². The first-order valence-electron chi connectivity index (χ1n) is 6.42. The number of benzene rings is 1. The van der Waals surface area contributed by atoms with Gasteiger partial charge in [-0.05, 0) is 13.0 Å². The van der Waals surface area contributed by atoms with Crippen molar-refractivity contribution in [2.75, 3.05) is 13.6 Å². The van der Waals surface area contributed by atoms with Crippen molar-refractivity contribution >= 4 is 11.3 Å². The summed E-state index contributed by atoms with van der Waals surface area (Å²) >= 11 is 1.85. The van der Waals surface area contributed by atoms with Gasteiger partial charge in [-0.15, -0.1) is 11.3 Å². The van der Waals surface area contributed by atoms with Gasteiger partial charge < -0.3 is 5.32 Å². The largest absolute Gasteiger partial charge is 0.319 e. The number of hydrogen-bond acceptors (Lipinski definition) is 3. The average molecular weight is 260 g/mol. The molecule has 0 amide bonds. The van der Waals surface area contributed by atoms with Gasteiger partial charge in [0, 0.05) is 23.4 Å². The topological polar surface area (TPSA) is 24.9 Å². The second kappa shape index (κ2) is 6.12. The van der Waals surface area contributed by atoms with Gasteiger partial charge in [-0.1, -0.05) is 44.2 Å². The maximum atomic E-state index is 4.82. The van der Waals surface area contributed by atoms with Crippen LogP contribution in [0.2, 0.25) is 0 Å². The van der Waals surface area contributed by atoms with E-state index in [4.69, 9.17) is 4.98 Å². The van der Waals surface area contributed by atoms with Crippen LogP contribution in [0, 0.1) is 0 Å². The number of nitrogens with one attached hydrogen (secondary N) is 1. The Morgan fingerprint density at radius 1 is 1.22 bits per heavy atom. The summed E-state index contributed by atoms with van der Waals surface area (Å²) in [6, 6.07) is 10.5. The predicted molar refractivity (Wildman–Crippen MR) is 79.3 cm³/mol. The molecule has 0 fully saturated rings. The van der Waals surface area contributed by atoms with Crippen LogP contribution < -0.4 is 5.32 Å². The molecule has 0 aliphatic heterocycles. The molecule has 0 unspecified atom stereocenters. The van der Waals surface area contributed by atoms with E-state index < -0.39 is 0 Å². The van der Waals surface area contributed by atoms with Crippen LogP contribution in [0.25, 0.3) is 11.3 Å². The van der Waals surface area contributed by atoms with Crippen molar-refractivity contribution < 1.29 is 0 Å². The fraction of sp³-hybridized carbons (Fsp3) is 0.400. The van der Waals surface area contributed by atoms with Crippen molar-refractivity contribution in [1.82, 2.24) is 10.3 Å². The summed E-state index contributed by atoms with van der Waals surface area (Å²) in [4.78, 5) is 6.21. The zero-order valence-electron chi connectivity index (χ0n) is 11.2. The molecule has 1 aromatic carbocycles. The second-order valence-electron chi connectivity index (χ2n) is 4.69. The summed E-state index contributed by atoms with van der Waals surface area (Å²) in [5.74, 6) is 0.529. The van der Waals surface area contributed by atoms with Crippen molar-refractivity contribution in [3.8, 4) is 11.3 Å².